The number of hydrogen-bond donors (Lipinski definition) is 0. The molecule has 0 bridgehead atoms. The lowest BCUT2D eigenvalue weighted by molar-refractivity contribution is -0.155. The number of hydrogen-bond acceptors (Lipinski definition) is 5. The molecule has 0 saturated heterocycles. The first-order chi connectivity index (χ1) is 8.30. The first kappa shape index (κ1) is 15.2. The van der Waals surface area contributed by atoms with Crippen LogP contribution in [0.4, 0.5) is 13.2 Å². The summed E-state index contributed by atoms with van der Waals surface area (Å²) in [7, 11) is -3.47. The highest BCUT2D eigenvalue weighted by Gasteiger charge is 2.37. The molecule has 9 heteroatoms. The van der Waals surface area contributed by atoms with E-state index in [2.05, 4.69) is 9.68 Å². The Morgan fingerprint density at radius 1 is 1.33 bits per heavy atom. The molecule has 0 aliphatic heterocycles. The van der Waals surface area contributed by atoms with Crippen molar-refractivity contribution in [2.45, 2.75) is 26.2 Å². The van der Waals surface area contributed by atoms with Crippen molar-refractivity contribution in [2.24, 2.45) is 0 Å². The minimum atomic E-state index is -4.62. The molecule has 1 aromatic rings. The highest BCUT2D eigenvalue weighted by atomic mass is 31.2. The Balaban J connectivity index is 2.82. The lowest BCUT2D eigenvalue weighted by Gasteiger charge is -2.15. The molecule has 18 heavy (non-hydrogen) atoms. The smallest absolute Gasteiger partial charge is 0.351 e. The molecule has 0 atom stereocenters. The third kappa shape index (κ3) is 4.12. The molecule has 0 unspecified atom stereocenters. The van der Waals surface area contributed by atoms with E-state index in [1.807, 2.05) is 0 Å². The topological polar surface area (TPSA) is 61.6 Å². The van der Waals surface area contributed by atoms with Crippen LogP contribution in [0, 0.1) is 0 Å². The fraction of sp³-hybridized carbons (Fsp3) is 0.667. The second kappa shape index (κ2) is 5.86. The molecule has 0 aliphatic rings. The maximum atomic E-state index is 12.3. The first-order valence-electron chi connectivity index (χ1n) is 5.21. The molecule has 0 amide bonds. The van der Waals surface area contributed by atoms with E-state index in [-0.39, 0.29) is 25.1 Å². The Labute approximate surface area is 102 Å². The molecule has 104 valence electrons. The van der Waals surface area contributed by atoms with Crippen LogP contribution in [0.5, 0.6) is 0 Å². The van der Waals surface area contributed by atoms with Gasteiger partial charge < -0.3 is 13.6 Å². The maximum absolute atomic E-state index is 12.3. The summed E-state index contributed by atoms with van der Waals surface area (Å²) in [4.78, 5) is 0. The van der Waals surface area contributed by atoms with E-state index >= 15 is 0 Å². The van der Waals surface area contributed by atoms with Gasteiger partial charge in [0.15, 0.2) is 0 Å². The SMILES string of the molecule is CCOP(=O)(Cc1cc(C(F)(F)F)on1)OCC. The molecule has 0 spiro atoms. The van der Waals surface area contributed by atoms with Crippen molar-refractivity contribution in [2.75, 3.05) is 13.2 Å². The van der Waals surface area contributed by atoms with Crippen molar-refractivity contribution in [3.63, 3.8) is 0 Å². The van der Waals surface area contributed by atoms with Crippen molar-refractivity contribution < 1.29 is 31.3 Å². The summed E-state index contributed by atoms with van der Waals surface area (Å²) in [6, 6.07) is 0.685. The summed E-state index contributed by atoms with van der Waals surface area (Å²) in [6.45, 7) is 3.47. The van der Waals surface area contributed by atoms with E-state index < -0.39 is 19.5 Å². The van der Waals surface area contributed by atoms with Gasteiger partial charge in [-0.05, 0) is 13.8 Å². The Morgan fingerprint density at radius 2 is 1.89 bits per heavy atom. The van der Waals surface area contributed by atoms with Crippen LogP contribution in [0.15, 0.2) is 10.6 Å². The lowest BCUT2D eigenvalue weighted by atomic mass is 10.4. The van der Waals surface area contributed by atoms with Gasteiger partial charge in [-0.25, -0.2) is 0 Å². The first-order valence-corrected chi connectivity index (χ1v) is 6.94. The van der Waals surface area contributed by atoms with Crippen LogP contribution in [0.3, 0.4) is 0 Å². The van der Waals surface area contributed by atoms with Gasteiger partial charge in [-0.1, -0.05) is 5.16 Å². The van der Waals surface area contributed by atoms with E-state index in [9.17, 15) is 17.7 Å². The molecule has 0 radical (unpaired) electrons. The van der Waals surface area contributed by atoms with E-state index in [4.69, 9.17) is 9.05 Å². The van der Waals surface area contributed by atoms with Crippen molar-refractivity contribution >= 4 is 7.60 Å². The second-order valence-electron chi connectivity index (χ2n) is 3.28. The van der Waals surface area contributed by atoms with Crippen LogP contribution in [0.2, 0.25) is 0 Å². The molecular weight excluding hydrogens is 274 g/mol. The Kier molecular flexibility index (Phi) is 4.95. The highest BCUT2D eigenvalue weighted by Crippen LogP contribution is 2.51. The van der Waals surface area contributed by atoms with Crippen molar-refractivity contribution in [3.05, 3.63) is 17.5 Å². The van der Waals surface area contributed by atoms with Gasteiger partial charge in [-0.3, -0.25) is 4.57 Å². The Hall–Kier alpha value is -0.850. The molecule has 5 nitrogen and oxygen atoms in total. The largest absolute Gasteiger partial charge is 0.452 e. The van der Waals surface area contributed by atoms with Gasteiger partial charge in [0, 0.05) is 6.07 Å². The second-order valence-corrected chi connectivity index (χ2v) is 5.34. The van der Waals surface area contributed by atoms with Crippen LogP contribution in [-0.4, -0.2) is 18.4 Å². The van der Waals surface area contributed by atoms with Gasteiger partial charge in [-0.2, -0.15) is 13.2 Å². The zero-order valence-electron chi connectivity index (χ0n) is 9.86. The van der Waals surface area contributed by atoms with E-state index in [0.29, 0.717) is 6.07 Å². The quantitative estimate of drug-likeness (QED) is 0.750. The summed E-state index contributed by atoms with van der Waals surface area (Å²) >= 11 is 0. The van der Waals surface area contributed by atoms with Crippen molar-refractivity contribution in [1.29, 1.82) is 0 Å². The number of nitrogens with zero attached hydrogens (tertiary/aromatic N) is 1. The number of halogens is 3. The lowest BCUT2D eigenvalue weighted by Crippen LogP contribution is -2.02. The normalized spacial score (nSPS) is 12.9. The van der Waals surface area contributed by atoms with Crippen LogP contribution >= 0.6 is 7.60 Å². The van der Waals surface area contributed by atoms with E-state index in [0.717, 1.165) is 0 Å². The van der Waals surface area contributed by atoms with Gasteiger partial charge in [0.05, 0.1) is 25.1 Å². The third-order valence-electron chi connectivity index (χ3n) is 1.85. The summed E-state index contributed by atoms with van der Waals surface area (Å²) < 4.78 is 62.8. The number of rotatable bonds is 6. The summed E-state index contributed by atoms with van der Waals surface area (Å²) in [6.07, 6.45) is -4.97. The molecule has 0 fully saturated rings. The summed E-state index contributed by atoms with van der Waals surface area (Å²) in [5, 5.41) is 3.20. The van der Waals surface area contributed by atoms with E-state index in [1.165, 1.54) is 0 Å². The zero-order valence-corrected chi connectivity index (χ0v) is 10.8. The number of alkyl halides is 3. The van der Waals surface area contributed by atoms with Gasteiger partial charge in [0.25, 0.3) is 0 Å². The van der Waals surface area contributed by atoms with E-state index in [1.54, 1.807) is 13.8 Å². The maximum Gasteiger partial charge on any atom is 0.452 e. The molecule has 1 aromatic heterocycles. The fourth-order valence-electron chi connectivity index (χ4n) is 1.24. The molecule has 1 heterocycles. The third-order valence-corrected chi connectivity index (χ3v) is 3.86. The predicted octanol–water partition coefficient (Wildman–Crippen LogP) is 3.46. The van der Waals surface area contributed by atoms with Crippen LogP contribution < -0.4 is 0 Å². The molecule has 1 rings (SSSR count). The molecule has 0 aliphatic carbocycles. The van der Waals surface area contributed by atoms with Gasteiger partial charge in [0.2, 0.25) is 5.76 Å². The van der Waals surface area contributed by atoms with Gasteiger partial charge in [0.1, 0.15) is 0 Å². The average molecular weight is 287 g/mol. The standard InChI is InChI=1S/C9H13F3NO4P/c1-3-15-18(14,16-4-2)6-7-5-8(17-13-7)9(10,11)12/h5H,3-4,6H2,1-2H3. The molecule has 0 N–H and O–H groups in total. The van der Waals surface area contributed by atoms with Crippen molar-refractivity contribution in [3.8, 4) is 0 Å². The minimum Gasteiger partial charge on any atom is -0.351 e. The Morgan fingerprint density at radius 3 is 2.28 bits per heavy atom. The Bertz CT molecular complexity index is 422. The monoisotopic (exact) mass is 287 g/mol. The summed E-state index contributed by atoms with van der Waals surface area (Å²) in [5.41, 5.74) is -0.118. The number of aromatic nitrogens is 1. The highest BCUT2D eigenvalue weighted by molar-refractivity contribution is 7.53. The fourth-order valence-corrected chi connectivity index (χ4v) is 2.83. The van der Waals surface area contributed by atoms with Crippen LogP contribution in [0.25, 0.3) is 0 Å². The summed E-state index contributed by atoms with van der Waals surface area (Å²) in [5.74, 6) is -1.24. The zero-order chi connectivity index (χ0) is 13.8. The predicted molar refractivity (Wildman–Crippen MR) is 56.1 cm³/mol. The average Bonchev–Trinajstić information content (AvgIpc) is 2.65. The molecular formula is C9H13F3NO4P. The van der Waals surface area contributed by atoms with Crippen molar-refractivity contribution in [1.82, 2.24) is 5.16 Å². The minimum absolute atomic E-state index is 0.118. The molecule has 0 aromatic carbocycles. The van der Waals surface area contributed by atoms with Gasteiger partial charge in [-0.15, -0.1) is 0 Å². The molecule has 0 saturated carbocycles. The van der Waals surface area contributed by atoms with Gasteiger partial charge >= 0.3 is 13.8 Å². The van der Waals surface area contributed by atoms with Crippen LogP contribution in [-0.2, 0) is 26.0 Å². The van der Waals surface area contributed by atoms with Crippen LogP contribution in [0.1, 0.15) is 25.3 Å².